The van der Waals surface area contributed by atoms with Gasteiger partial charge in [0.2, 0.25) is 0 Å². The Bertz CT molecular complexity index is 1450. The molecule has 1 amide bonds. The summed E-state index contributed by atoms with van der Waals surface area (Å²) < 4.78 is 42.5. The average Bonchev–Trinajstić information content (AvgIpc) is 3.35. The Kier molecular flexibility index (Phi) is 7.78. The van der Waals surface area contributed by atoms with Crippen molar-refractivity contribution in [1.29, 1.82) is 0 Å². The van der Waals surface area contributed by atoms with E-state index in [4.69, 9.17) is 4.74 Å². The number of likely N-dealkylation sites (N-methyl/N-ethyl adjacent to an activating group) is 1. The number of pyridine rings is 1. The first-order valence-electron chi connectivity index (χ1n) is 12.8. The van der Waals surface area contributed by atoms with Gasteiger partial charge in [0.05, 0.1) is 18.0 Å². The molecule has 0 unspecified atom stereocenters. The number of halogens is 3. The third-order valence-electron chi connectivity index (χ3n) is 6.64. The van der Waals surface area contributed by atoms with Crippen molar-refractivity contribution >= 4 is 16.8 Å². The third kappa shape index (κ3) is 6.91. The lowest BCUT2D eigenvalue weighted by atomic mass is 10.1. The maximum absolute atomic E-state index is 13.0. The van der Waals surface area contributed by atoms with E-state index < -0.39 is 12.6 Å². The van der Waals surface area contributed by atoms with E-state index in [0.29, 0.717) is 48.2 Å². The lowest BCUT2D eigenvalue weighted by molar-refractivity contribution is -0.136. The molecule has 0 saturated carbocycles. The number of aromatic amines is 1. The van der Waals surface area contributed by atoms with Gasteiger partial charge in [-0.05, 0) is 49.4 Å². The molecule has 1 fully saturated rings. The van der Waals surface area contributed by atoms with Gasteiger partial charge in [-0.1, -0.05) is 6.07 Å². The normalized spacial score (nSPS) is 14.6. The van der Waals surface area contributed by atoms with Crippen LogP contribution in [-0.2, 0) is 6.42 Å². The van der Waals surface area contributed by atoms with Gasteiger partial charge >= 0.3 is 6.18 Å². The van der Waals surface area contributed by atoms with Crippen LogP contribution in [0.4, 0.5) is 13.2 Å². The van der Waals surface area contributed by atoms with Gasteiger partial charge in [0, 0.05) is 68.4 Å². The number of ether oxygens (including phenoxy) is 1. The van der Waals surface area contributed by atoms with Crippen LogP contribution in [0.2, 0.25) is 0 Å². The van der Waals surface area contributed by atoms with Crippen LogP contribution in [0.15, 0.2) is 54.9 Å². The van der Waals surface area contributed by atoms with Gasteiger partial charge < -0.3 is 19.5 Å². The molecule has 0 spiro atoms. The molecular formula is C28H29F3N6O2. The minimum Gasteiger partial charge on any atom is -0.493 e. The smallest absolute Gasteiger partial charge is 0.389 e. The second-order valence-corrected chi connectivity index (χ2v) is 9.68. The summed E-state index contributed by atoms with van der Waals surface area (Å²) >= 11 is 0. The molecule has 1 N–H and O–H groups in total. The molecule has 0 radical (unpaired) electrons. The van der Waals surface area contributed by atoms with E-state index in [9.17, 15) is 18.0 Å². The number of nitrogens with zero attached hydrogens (tertiary/aromatic N) is 5. The molecule has 1 aliphatic rings. The van der Waals surface area contributed by atoms with E-state index in [-0.39, 0.29) is 18.9 Å². The van der Waals surface area contributed by atoms with E-state index >= 15 is 0 Å². The topological polar surface area (TPSA) is 87.2 Å². The van der Waals surface area contributed by atoms with Gasteiger partial charge in [0.15, 0.2) is 0 Å². The predicted octanol–water partition coefficient (Wildman–Crippen LogP) is 4.72. The second kappa shape index (κ2) is 11.4. The molecule has 4 aromatic rings. The highest BCUT2D eigenvalue weighted by Gasteiger charge is 2.26. The largest absolute Gasteiger partial charge is 0.493 e. The van der Waals surface area contributed by atoms with Crippen LogP contribution in [0, 0.1) is 0 Å². The van der Waals surface area contributed by atoms with Crippen LogP contribution >= 0.6 is 0 Å². The molecule has 0 atom stereocenters. The number of benzene rings is 1. The maximum Gasteiger partial charge on any atom is 0.389 e. The van der Waals surface area contributed by atoms with Gasteiger partial charge in [0.1, 0.15) is 17.3 Å². The van der Waals surface area contributed by atoms with Crippen LogP contribution in [0.5, 0.6) is 5.75 Å². The summed E-state index contributed by atoms with van der Waals surface area (Å²) in [4.78, 5) is 33.7. The van der Waals surface area contributed by atoms with Crippen LogP contribution in [0.3, 0.4) is 0 Å². The summed E-state index contributed by atoms with van der Waals surface area (Å²) in [5.74, 6) is 1.03. The standard InChI is InChI=1S/C28H29F3N6O2/c1-36-10-12-37(13-11-36)27(38)25-17-20-15-19(3-4-22(20)34-25)16-26-33-9-6-23(35-26)24-18-21(5-8-32-24)39-14-2-7-28(29,30)31/h3-6,8-9,15,17-18,34H,2,7,10-14,16H2,1H3. The number of hydrogen-bond acceptors (Lipinski definition) is 6. The Labute approximate surface area is 223 Å². The molecule has 4 heterocycles. The number of aromatic nitrogens is 4. The zero-order chi connectivity index (χ0) is 27.4. The Hall–Kier alpha value is -3.99. The molecule has 8 nitrogen and oxygen atoms in total. The first kappa shape index (κ1) is 26.6. The summed E-state index contributed by atoms with van der Waals surface area (Å²) in [7, 11) is 2.06. The van der Waals surface area contributed by atoms with Gasteiger partial charge in [0.25, 0.3) is 5.91 Å². The summed E-state index contributed by atoms with van der Waals surface area (Å²) in [6.07, 6.45) is -1.53. The fourth-order valence-electron chi connectivity index (χ4n) is 4.50. The minimum absolute atomic E-state index is 0.0101. The number of H-pyrrole nitrogens is 1. The molecule has 39 heavy (non-hydrogen) atoms. The van der Waals surface area contributed by atoms with Crippen LogP contribution in [-0.4, -0.2) is 81.7 Å². The van der Waals surface area contributed by atoms with E-state index in [1.807, 2.05) is 29.2 Å². The van der Waals surface area contributed by atoms with E-state index in [2.05, 4.69) is 31.9 Å². The van der Waals surface area contributed by atoms with Crippen molar-refractivity contribution in [3.63, 3.8) is 0 Å². The van der Waals surface area contributed by atoms with E-state index in [1.54, 1.807) is 24.4 Å². The Morgan fingerprint density at radius 2 is 1.79 bits per heavy atom. The third-order valence-corrected chi connectivity index (χ3v) is 6.64. The van der Waals surface area contributed by atoms with Crippen molar-refractivity contribution in [2.24, 2.45) is 0 Å². The van der Waals surface area contributed by atoms with Crippen LogP contribution in [0.25, 0.3) is 22.3 Å². The molecule has 1 saturated heterocycles. The van der Waals surface area contributed by atoms with Gasteiger partial charge in [-0.15, -0.1) is 0 Å². The summed E-state index contributed by atoms with van der Waals surface area (Å²) in [5.41, 5.74) is 3.59. The second-order valence-electron chi connectivity index (χ2n) is 9.68. The van der Waals surface area contributed by atoms with Crippen LogP contribution in [0.1, 0.15) is 34.7 Å². The molecule has 0 aliphatic carbocycles. The Balaban J connectivity index is 1.26. The SMILES string of the molecule is CN1CCN(C(=O)c2cc3cc(Cc4nccc(-c5cc(OCCCC(F)(F)F)ccn5)n4)ccc3[nH]2)CC1. The lowest BCUT2D eigenvalue weighted by Crippen LogP contribution is -2.47. The number of piperazine rings is 1. The predicted molar refractivity (Wildman–Crippen MR) is 141 cm³/mol. The van der Waals surface area contributed by atoms with Gasteiger partial charge in [-0.2, -0.15) is 13.2 Å². The average molecular weight is 539 g/mol. The van der Waals surface area contributed by atoms with Crippen molar-refractivity contribution < 1.29 is 22.7 Å². The quantitative estimate of drug-likeness (QED) is 0.327. The monoisotopic (exact) mass is 538 g/mol. The number of fused-ring (bicyclic) bond motifs is 1. The first-order valence-corrected chi connectivity index (χ1v) is 12.8. The fraction of sp³-hybridized carbons (Fsp3) is 0.357. The zero-order valence-electron chi connectivity index (χ0n) is 21.5. The number of hydrogen-bond donors (Lipinski definition) is 1. The molecule has 3 aromatic heterocycles. The molecule has 0 bridgehead atoms. The fourth-order valence-corrected chi connectivity index (χ4v) is 4.50. The van der Waals surface area contributed by atoms with E-state index in [0.717, 1.165) is 29.6 Å². The Morgan fingerprint density at radius 3 is 2.59 bits per heavy atom. The highest BCUT2D eigenvalue weighted by Crippen LogP contribution is 2.24. The zero-order valence-corrected chi connectivity index (χ0v) is 21.5. The minimum atomic E-state index is -4.19. The number of amides is 1. The van der Waals surface area contributed by atoms with E-state index in [1.165, 1.54) is 6.20 Å². The molecule has 5 rings (SSSR count). The Morgan fingerprint density at radius 1 is 1.00 bits per heavy atom. The number of alkyl halides is 3. The van der Waals surface area contributed by atoms with Gasteiger partial charge in [-0.25, -0.2) is 9.97 Å². The number of carbonyl (C=O) groups is 1. The van der Waals surface area contributed by atoms with Crippen molar-refractivity contribution in [2.75, 3.05) is 39.8 Å². The summed E-state index contributed by atoms with van der Waals surface area (Å²) in [6.45, 7) is 3.12. The molecule has 1 aliphatic heterocycles. The molecule has 1 aromatic carbocycles. The molecule has 204 valence electrons. The van der Waals surface area contributed by atoms with Crippen molar-refractivity contribution in [1.82, 2.24) is 29.7 Å². The lowest BCUT2D eigenvalue weighted by Gasteiger charge is -2.32. The highest BCUT2D eigenvalue weighted by atomic mass is 19.4. The number of carbonyl (C=O) groups excluding carboxylic acids is 1. The van der Waals surface area contributed by atoms with Crippen LogP contribution < -0.4 is 4.74 Å². The number of nitrogens with one attached hydrogen (secondary N) is 1. The van der Waals surface area contributed by atoms with Crippen molar-refractivity contribution in [2.45, 2.75) is 25.4 Å². The summed E-state index contributed by atoms with van der Waals surface area (Å²) in [5, 5.41) is 0.943. The van der Waals surface area contributed by atoms with Gasteiger partial charge in [-0.3, -0.25) is 9.78 Å². The first-order chi connectivity index (χ1) is 18.7. The highest BCUT2D eigenvalue weighted by molar-refractivity contribution is 5.98. The van der Waals surface area contributed by atoms with Crippen molar-refractivity contribution in [3.8, 4) is 17.1 Å². The molecule has 11 heteroatoms. The number of rotatable bonds is 8. The molecular weight excluding hydrogens is 509 g/mol. The maximum atomic E-state index is 13.0. The summed E-state index contributed by atoms with van der Waals surface area (Å²) in [6, 6.07) is 12.8. The van der Waals surface area contributed by atoms with Crippen molar-refractivity contribution in [3.05, 3.63) is 71.9 Å².